The molecule has 2 bridgehead atoms. The van der Waals surface area contributed by atoms with E-state index in [4.69, 9.17) is 4.74 Å². The van der Waals surface area contributed by atoms with Crippen molar-refractivity contribution < 1.29 is 19.4 Å². The fourth-order valence-corrected chi connectivity index (χ4v) is 4.94. The number of carbonyl (C=O) groups is 2. The first kappa shape index (κ1) is 26.9. The van der Waals surface area contributed by atoms with E-state index in [1.54, 1.807) is 18.2 Å². The average molecular weight is 458 g/mol. The summed E-state index contributed by atoms with van der Waals surface area (Å²) in [5.41, 5.74) is 1.21. The van der Waals surface area contributed by atoms with Crippen LogP contribution in [0.2, 0.25) is 0 Å². The van der Waals surface area contributed by atoms with E-state index in [0.717, 1.165) is 37.7 Å². The Morgan fingerprint density at radius 1 is 1.27 bits per heavy atom. The zero-order chi connectivity index (χ0) is 24.6. The average Bonchev–Trinajstić information content (AvgIpc) is 3.09. The van der Waals surface area contributed by atoms with Gasteiger partial charge in [0.1, 0.15) is 5.78 Å². The molecule has 0 heterocycles. The standard InChI is InChI=1S/C18H27NO3.C10H16O/c1-14(2)8-6-4-5-7-9-18(21)19-13-15-10-11-16(20)17(12-15)22-3;1-9(2)7-4-5-10(9,3)8(11)6-7/h6,8,10-12,14,20H,4-5,7,9,13H2,1-3H3,(H,19,21);7H,4-6H2,1-3H3/b8-6+;. The van der Waals surface area contributed by atoms with Crippen molar-refractivity contribution in [3.63, 3.8) is 0 Å². The zero-order valence-corrected chi connectivity index (χ0v) is 21.4. The van der Waals surface area contributed by atoms with Gasteiger partial charge in [0.25, 0.3) is 0 Å². The van der Waals surface area contributed by atoms with Gasteiger partial charge in [-0.05, 0) is 67.1 Å². The maximum Gasteiger partial charge on any atom is 0.220 e. The molecule has 1 amide bonds. The minimum Gasteiger partial charge on any atom is -0.504 e. The molecule has 0 radical (unpaired) electrons. The van der Waals surface area contributed by atoms with Gasteiger partial charge in [-0.3, -0.25) is 9.59 Å². The molecule has 2 aliphatic rings. The lowest BCUT2D eigenvalue weighted by Crippen LogP contribution is -2.32. The van der Waals surface area contributed by atoms with Gasteiger partial charge >= 0.3 is 0 Å². The van der Waals surface area contributed by atoms with Gasteiger partial charge in [-0.2, -0.15) is 0 Å². The number of rotatable bonds is 9. The first-order chi connectivity index (χ1) is 15.5. The first-order valence-corrected chi connectivity index (χ1v) is 12.3. The normalized spacial score (nSPS) is 23.0. The van der Waals surface area contributed by atoms with Gasteiger partial charge in [0.15, 0.2) is 11.5 Å². The van der Waals surface area contributed by atoms with Crippen molar-refractivity contribution in [1.29, 1.82) is 0 Å². The smallest absolute Gasteiger partial charge is 0.220 e. The third kappa shape index (κ3) is 6.84. The van der Waals surface area contributed by atoms with Crippen molar-refractivity contribution in [2.24, 2.45) is 22.7 Å². The summed E-state index contributed by atoms with van der Waals surface area (Å²) in [6.07, 6.45) is 11.1. The Morgan fingerprint density at radius 3 is 2.52 bits per heavy atom. The van der Waals surface area contributed by atoms with E-state index in [-0.39, 0.29) is 22.5 Å². The van der Waals surface area contributed by atoms with Crippen molar-refractivity contribution in [1.82, 2.24) is 5.32 Å². The summed E-state index contributed by atoms with van der Waals surface area (Å²) in [7, 11) is 1.51. The van der Waals surface area contributed by atoms with Gasteiger partial charge in [0, 0.05) is 24.8 Å². The van der Waals surface area contributed by atoms with Gasteiger partial charge < -0.3 is 15.2 Å². The number of Topliss-reactive ketones (excluding diaryl/α,β-unsaturated/α-hetero) is 1. The lowest BCUT2D eigenvalue weighted by Gasteiger charge is -2.32. The molecular weight excluding hydrogens is 414 g/mol. The van der Waals surface area contributed by atoms with Crippen LogP contribution in [0.5, 0.6) is 11.5 Å². The lowest BCUT2D eigenvalue weighted by molar-refractivity contribution is -0.128. The van der Waals surface area contributed by atoms with Gasteiger partial charge in [-0.25, -0.2) is 0 Å². The number of allylic oxidation sites excluding steroid dienone is 2. The molecule has 0 saturated heterocycles. The van der Waals surface area contributed by atoms with E-state index in [9.17, 15) is 14.7 Å². The van der Waals surface area contributed by atoms with Crippen LogP contribution in [0, 0.1) is 22.7 Å². The molecule has 2 aliphatic carbocycles. The number of phenolic OH excluding ortho intramolecular Hbond substituents is 1. The highest BCUT2D eigenvalue weighted by Gasteiger charge is 2.61. The van der Waals surface area contributed by atoms with E-state index in [1.807, 2.05) is 0 Å². The molecular formula is C28H43NO4. The van der Waals surface area contributed by atoms with Crippen molar-refractivity contribution in [3.05, 3.63) is 35.9 Å². The van der Waals surface area contributed by atoms with Gasteiger partial charge in [0.2, 0.25) is 5.91 Å². The molecule has 5 nitrogen and oxygen atoms in total. The van der Waals surface area contributed by atoms with Crippen LogP contribution in [-0.2, 0) is 16.1 Å². The molecule has 2 fully saturated rings. The molecule has 0 spiro atoms. The van der Waals surface area contributed by atoms with Crippen molar-refractivity contribution in [2.75, 3.05) is 7.11 Å². The Kier molecular flexibility index (Phi) is 9.57. The van der Waals surface area contributed by atoms with Crippen molar-refractivity contribution in [2.45, 2.75) is 86.1 Å². The number of phenols is 1. The molecule has 2 saturated carbocycles. The van der Waals surface area contributed by atoms with Crippen LogP contribution in [0.1, 0.15) is 85.1 Å². The van der Waals surface area contributed by atoms with Gasteiger partial charge in [-0.1, -0.05) is 52.8 Å². The number of hydrogen-bond donors (Lipinski definition) is 2. The molecule has 2 unspecified atom stereocenters. The highest BCUT2D eigenvalue weighted by atomic mass is 16.5. The van der Waals surface area contributed by atoms with E-state index < -0.39 is 0 Å². The summed E-state index contributed by atoms with van der Waals surface area (Å²) < 4.78 is 5.04. The van der Waals surface area contributed by atoms with Crippen molar-refractivity contribution in [3.8, 4) is 11.5 Å². The monoisotopic (exact) mass is 457 g/mol. The van der Waals surface area contributed by atoms with Crippen LogP contribution in [-0.4, -0.2) is 23.9 Å². The highest BCUT2D eigenvalue weighted by Crippen LogP contribution is 2.63. The summed E-state index contributed by atoms with van der Waals surface area (Å²) in [4.78, 5) is 23.3. The number of hydrogen-bond acceptors (Lipinski definition) is 4. The number of benzene rings is 1. The second-order valence-electron chi connectivity index (χ2n) is 10.6. The summed E-state index contributed by atoms with van der Waals surface area (Å²) in [5, 5.41) is 12.4. The SMILES string of the molecule is CC12CCC(CC1=O)C2(C)C.COc1cc(CNC(=O)CCCC/C=C/C(C)C)ccc1O. The number of carbonyl (C=O) groups excluding carboxylic acids is 2. The highest BCUT2D eigenvalue weighted by molar-refractivity contribution is 5.89. The number of nitrogens with one attached hydrogen (secondary N) is 1. The van der Waals surface area contributed by atoms with Gasteiger partial charge in [0.05, 0.1) is 7.11 Å². The van der Waals surface area contributed by atoms with Crippen molar-refractivity contribution >= 4 is 11.7 Å². The van der Waals surface area contributed by atoms with Crippen LogP contribution in [0.3, 0.4) is 0 Å². The lowest BCUT2D eigenvalue weighted by atomic mass is 9.70. The van der Waals surface area contributed by atoms with E-state index in [1.165, 1.54) is 13.5 Å². The molecule has 1 aromatic rings. The molecule has 5 heteroatoms. The quantitative estimate of drug-likeness (QED) is 0.342. The maximum atomic E-state index is 11.8. The number of fused-ring (bicyclic) bond motifs is 2. The molecule has 0 aromatic heterocycles. The fraction of sp³-hybridized carbons (Fsp3) is 0.643. The predicted molar refractivity (Wildman–Crippen MR) is 133 cm³/mol. The zero-order valence-electron chi connectivity index (χ0n) is 21.4. The molecule has 184 valence electrons. The molecule has 33 heavy (non-hydrogen) atoms. The summed E-state index contributed by atoms with van der Waals surface area (Å²) in [6.45, 7) is 11.4. The first-order valence-electron chi connectivity index (χ1n) is 12.3. The van der Waals surface area contributed by atoms with E-state index in [2.05, 4.69) is 52.1 Å². The number of ketones is 1. The van der Waals surface area contributed by atoms with Gasteiger partial charge in [-0.15, -0.1) is 0 Å². The topological polar surface area (TPSA) is 75.6 Å². The summed E-state index contributed by atoms with van der Waals surface area (Å²) >= 11 is 0. The Morgan fingerprint density at radius 2 is 2.00 bits per heavy atom. The van der Waals surface area contributed by atoms with Crippen LogP contribution in [0.25, 0.3) is 0 Å². The Labute approximate surface area is 200 Å². The number of ether oxygens (including phenoxy) is 1. The Bertz CT molecular complexity index is 842. The molecule has 2 atom stereocenters. The maximum absolute atomic E-state index is 11.8. The third-order valence-corrected chi connectivity index (χ3v) is 7.76. The number of methoxy groups -OCH3 is 1. The molecule has 0 aliphatic heterocycles. The summed E-state index contributed by atoms with van der Waals surface area (Å²) in [5.74, 6) is 2.36. The predicted octanol–water partition coefficient (Wildman–Crippen LogP) is 6.19. The molecule has 2 N–H and O–H groups in total. The van der Waals surface area contributed by atoms with Crippen LogP contribution >= 0.6 is 0 Å². The number of unbranched alkanes of at least 4 members (excludes halogenated alkanes) is 2. The molecule has 3 rings (SSSR count). The third-order valence-electron chi connectivity index (χ3n) is 7.76. The van der Waals surface area contributed by atoms with E-state index >= 15 is 0 Å². The fourth-order valence-electron chi connectivity index (χ4n) is 4.94. The van der Waals surface area contributed by atoms with E-state index in [0.29, 0.717) is 36.3 Å². The largest absolute Gasteiger partial charge is 0.504 e. The van der Waals surface area contributed by atoms with Crippen LogP contribution in [0.4, 0.5) is 0 Å². The second-order valence-corrected chi connectivity index (χ2v) is 10.6. The molecule has 1 aromatic carbocycles. The van der Waals surface area contributed by atoms with Crippen LogP contribution < -0.4 is 10.1 Å². The number of aromatic hydroxyl groups is 1. The minimum absolute atomic E-state index is 0.0255. The summed E-state index contributed by atoms with van der Waals surface area (Å²) in [6, 6.07) is 5.07. The number of amides is 1. The Hall–Kier alpha value is -2.30. The Balaban J connectivity index is 0.000000288. The second kappa shape index (κ2) is 11.7. The minimum atomic E-state index is 0.0255. The van der Waals surface area contributed by atoms with Crippen LogP contribution in [0.15, 0.2) is 30.4 Å².